The van der Waals surface area contributed by atoms with E-state index in [2.05, 4.69) is 15.9 Å². The summed E-state index contributed by atoms with van der Waals surface area (Å²) >= 11 is 0. The highest BCUT2D eigenvalue weighted by Gasteiger charge is 2.16. The number of fused-ring (bicyclic) bond motifs is 1. The molecule has 5 nitrogen and oxygen atoms in total. The van der Waals surface area contributed by atoms with Crippen LogP contribution in [0.25, 0.3) is 0 Å². The van der Waals surface area contributed by atoms with Gasteiger partial charge in [-0.25, -0.2) is 0 Å². The predicted molar refractivity (Wildman–Crippen MR) is 34.8 cm³/mol. The maximum atomic E-state index is 3.79. The second kappa shape index (κ2) is 1.81. The van der Waals surface area contributed by atoms with Crippen molar-refractivity contribution in [3.8, 4) is 0 Å². The summed E-state index contributed by atoms with van der Waals surface area (Å²) in [4.78, 5) is 0. The molecule has 0 bridgehead atoms. The summed E-state index contributed by atoms with van der Waals surface area (Å²) in [5.41, 5.74) is 3.92. The smallest absolute Gasteiger partial charge is 0.100 e. The Balaban J connectivity index is 2.29. The van der Waals surface area contributed by atoms with Crippen molar-refractivity contribution >= 4 is 0 Å². The molecule has 0 aromatic carbocycles. The molecule has 2 rings (SSSR count). The molecule has 0 unspecified atom stereocenters. The van der Waals surface area contributed by atoms with E-state index in [4.69, 9.17) is 0 Å². The average Bonchev–Trinajstić information content (AvgIpc) is 2.27. The van der Waals surface area contributed by atoms with Crippen LogP contribution in [0.1, 0.15) is 0 Å². The molecule has 0 saturated carbocycles. The molecule has 0 spiro atoms. The maximum Gasteiger partial charge on any atom is 0.100 e. The summed E-state index contributed by atoms with van der Waals surface area (Å²) in [7, 11) is 1.90. The predicted octanol–water partition coefficient (Wildman–Crippen LogP) is 0.389. The maximum absolute atomic E-state index is 3.79. The molecule has 0 aliphatic carbocycles. The van der Waals surface area contributed by atoms with Crippen molar-refractivity contribution < 1.29 is 0 Å². The fourth-order valence-electron chi connectivity index (χ4n) is 0.866. The van der Waals surface area contributed by atoms with Gasteiger partial charge in [0.2, 0.25) is 0 Å². The first kappa shape index (κ1) is 5.43. The molecule has 2 aliphatic rings. The molecule has 0 aromatic rings. The zero-order valence-corrected chi connectivity index (χ0v) is 5.52. The zero-order chi connectivity index (χ0) is 6.97. The fraction of sp³-hybridized carbons (Fsp3) is 0.200. The molecule has 0 fully saturated rings. The Hall–Kier alpha value is -1.36. The van der Waals surface area contributed by atoms with Gasteiger partial charge in [0.1, 0.15) is 5.70 Å². The normalized spacial score (nSPS) is 21.5. The summed E-state index contributed by atoms with van der Waals surface area (Å²) < 4.78 is 0. The van der Waals surface area contributed by atoms with Gasteiger partial charge in [0, 0.05) is 13.2 Å². The van der Waals surface area contributed by atoms with Gasteiger partial charge in [-0.2, -0.15) is 5.12 Å². The summed E-state index contributed by atoms with van der Waals surface area (Å²) in [5.74, 6) is 0. The van der Waals surface area contributed by atoms with E-state index in [1.54, 1.807) is 11.3 Å². The fourth-order valence-corrected chi connectivity index (χ4v) is 0.866. The summed E-state index contributed by atoms with van der Waals surface area (Å²) in [6.07, 6.45) is 5.46. The number of hydrazine groups is 2. The topological polar surface area (TPSA) is 43.2 Å². The van der Waals surface area contributed by atoms with E-state index in [0.717, 1.165) is 5.70 Å². The molecular weight excluding hydrogens is 130 g/mol. The zero-order valence-electron chi connectivity index (χ0n) is 5.52. The van der Waals surface area contributed by atoms with Crippen LogP contribution in [0.5, 0.6) is 0 Å². The number of nitrogens with one attached hydrogen (secondary N) is 1. The molecule has 5 heteroatoms. The van der Waals surface area contributed by atoms with Crippen LogP contribution in [0, 0.1) is 0 Å². The second-order valence-electron chi connectivity index (χ2n) is 2.10. The first-order chi connectivity index (χ1) is 4.86. The Morgan fingerprint density at radius 3 is 3.30 bits per heavy atom. The van der Waals surface area contributed by atoms with E-state index in [-0.39, 0.29) is 0 Å². The van der Waals surface area contributed by atoms with Gasteiger partial charge in [-0.3, -0.25) is 5.01 Å². The highest BCUT2D eigenvalue weighted by molar-refractivity contribution is 5.18. The molecule has 10 heavy (non-hydrogen) atoms. The van der Waals surface area contributed by atoms with Crippen molar-refractivity contribution in [2.24, 2.45) is 10.3 Å². The third-order valence-electron chi connectivity index (χ3n) is 1.28. The van der Waals surface area contributed by atoms with Crippen molar-refractivity contribution in [1.29, 1.82) is 0 Å². The molecule has 2 heterocycles. The SMILES string of the molecule is CN1C=C2C=CN=NN2N1. The highest BCUT2D eigenvalue weighted by atomic mass is 15.9. The molecule has 0 radical (unpaired) electrons. The molecular formula is C5H7N5. The van der Waals surface area contributed by atoms with Crippen LogP contribution in [-0.4, -0.2) is 17.2 Å². The van der Waals surface area contributed by atoms with Gasteiger partial charge in [-0.1, -0.05) is 0 Å². The second-order valence-corrected chi connectivity index (χ2v) is 2.10. The number of allylic oxidation sites excluding steroid dienone is 1. The van der Waals surface area contributed by atoms with Gasteiger partial charge >= 0.3 is 0 Å². The van der Waals surface area contributed by atoms with Crippen LogP contribution in [0.3, 0.4) is 0 Å². The van der Waals surface area contributed by atoms with E-state index in [1.807, 2.05) is 24.3 Å². The Morgan fingerprint density at radius 1 is 1.60 bits per heavy atom. The number of hydrogen-bond donors (Lipinski definition) is 1. The van der Waals surface area contributed by atoms with Crippen LogP contribution >= 0.6 is 0 Å². The summed E-state index contributed by atoms with van der Waals surface area (Å²) in [5, 5.41) is 10.9. The average molecular weight is 137 g/mol. The molecule has 52 valence electrons. The molecule has 1 N–H and O–H groups in total. The number of hydrogen-bond acceptors (Lipinski definition) is 5. The van der Waals surface area contributed by atoms with Gasteiger partial charge in [0.25, 0.3) is 0 Å². The lowest BCUT2D eigenvalue weighted by molar-refractivity contribution is 0.148. The molecule has 0 amide bonds. The van der Waals surface area contributed by atoms with E-state index in [9.17, 15) is 0 Å². The van der Waals surface area contributed by atoms with Gasteiger partial charge in [0.05, 0.1) is 6.20 Å². The van der Waals surface area contributed by atoms with E-state index in [0.29, 0.717) is 0 Å². The van der Waals surface area contributed by atoms with E-state index >= 15 is 0 Å². The molecule has 2 aliphatic heterocycles. The quantitative estimate of drug-likeness (QED) is 0.525. The van der Waals surface area contributed by atoms with E-state index < -0.39 is 0 Å². The van der Waals surface area contributed by atoms with Gasteiger partial charge in [-0.05, 0) is 11.3 Å². The largest absolute Gasteiger partial charge is 0.297 e. The minimum atomic E-state index is 0.998. The number of nitrogens with zero attached hydrogens (tertiary/aromatic N) is 4. The monoisotopic (exact) mass is 137 g/mol. The third-order valence-corrected chi connectivity index (χ3v) is 1.28. The van der Waals surface area contributed by atoms with Crippen LogP contribution in [0.2, 0.25) is 0 Å². The molecule has 0 saturated heterocycles. The third kappa shape index (κ3) is 0.679. The lowest BCUT2D eigenvalue weighted by Gasteiger charge is -2.15. The van der Waals surface area contributed by atoms with Crippen molar-refractivity contribution in [3.05, 3.63) is 24.2 Å². The van der Waals surface area contributed by atoms with Crippen molar-refractivity contribution in [2.45, 2.75) is 0 Å². The minimum Gasteiger partial charge on any atom is -0.297 e. The number of rotatable bonds is 0. The standard InChI is InChI=1S/C5H7N5/c1-9-4-5-2-3-6-7-10(5)8-9/h2-4,8H,1H3. The van der Waals surface area contributed by atoms with Crippen molar-refractivity contribution in [1.82, 2.24) is 15.7 Å². The first-order valence-corrected chi connectivity index (χ1v) is 2.95. The van der Waals surface area contributed by atoms with Gasteiger partial charge < -0.3 is 0 Å². The van der Waals surface area contributed by atoms with Crippen molar-refractivity contribution in [2.75, 3.05) is 7.05 Å². The van der Waals surface area contributed by atoms with Crippen LogP contribution in [-0.2, 0) is 0 Å². The molecule has 0 atom stereocenters. The first-order valence-electron chi connectivity index (χ1n) is 2.95. The minimum absolute atomic E-state index is 0.998. The van der Waals surface area contributed by atoms with Crippen LogP contribution < -0.4 is 5.53 Å². The highest BCUT2D eigenvalue weighted by Crippen LogP contribution is 2.14. The molecule has 0 aromatic heterocycles. The van der Waals surface area contributed by atoms with Gasteiger partial charge in [-0.15, -0.1) is 10.6 Å². The van der Waals surface area contributed by atoms with Crippen LogP contribution in [0.4, 0.5) is 0 Å². The van der Waals surface area contributed by atoms with Crippen LogP contribution in [0.15, 0.2) is 34.5 Å². The Kier molecular flexibility index (Phi) is 0.983. The summed E-state index contributed by atoms with van der Waals surface area (Å²) in [6.45, 7) is 0. The Morgan fingerprint density at radius 2 is 2.50 bits per heavy atom. The Bertz CT molecular complexity index is 228. The van der Waals surface area contributed by atoms with Gasteiger partial charge in [0.15, 0.2) is 0 Å². The Labute approximate surface area is 58.2 Å². The van der Waals surface area contributed by atoms with E-state index in [1.165, 1.54) is 0 Å². The van der Waals surface area contributed by atoms with Crippen molar-refractivity contribution in [3.63, 3.8) is 0 Å². The lowest BCUT2D eigenvalue weighted by atomic mass is 10.4. The lowest BCUT2D eigenvalue weighted by Crippen LogP contribution is -2.34. The summed E-state index contributed by atoms with van der Waals surface area (Å²) in [6, 6.07) is 0.